The van der Waals surface area contributed by atoms with Gasteiger partial charge in [0.05, 0.1) is 12.7 Å². The van der Waals surface area contributed by atoms with Crippen LogP contribution in [0.15, 0.2) is 48.5 Å². The molecule has 1 aliphatic rings. The Balaban J connectivity index is 2.12. The highest BCUT2D eigenvalue weighted by atomic mass is 19.4. The monoisotopic (exact) mass is 444 g/mol. The van der Waals surface area contributed by atoms with E-state index in [1.165, 1.54) is 19.2 Å². The number of nitrogens with zero attached hydrogens (tertiary/aromatic N) is 1. The number of terminal acetylenes is 1. The summed E-state index contributed by atoms with van der Waals surface area (Å²) in [5, 5.41) is 2.92. The minimum Gasteiger partial charge on any atom is -0.497 e. The van der Waals surface area contributed by atoms with Gasteiger partial charge >= 0.3 is 12.1 Å². The van der Waals surface area contributed by atoms with Crippen LogP contribution in [0.5, 0.6) is 5.75 Å². The van der Waals surface area contributed by atoms with Crippen molar-refractivity contribution in [3.8, 4) is 18.1 Å². The third-order valence-corrected chi connectivity index (χ3v) is 5.41. The van der Waals surface area contributed by atoms with Crippen LogP contribution >= 0.6 is 0 Å². The normalized spacial score (nSPS) is 15.0. The minimum absolute atomic E-state index is 0.0695. The summed E-state index contributed by atoms with van der Waals surface area (Å²) in [6.07, 6.45) is 4.25. The molecule has 2 aromatic rings. The number of benzene rings is 2. The molecule has 1 N–H and O–H groups in total. The summed E-state index contributed by atoms with van der Waals surface area (Å²) in [4.78, 5) is 27.1. The smallest absolute Gasteiger partial charge is 0.416 e. The number of ether oxygens (including phenoxy) is 1. The first-order chi connectivity index (χ1) is 15.2. The van der Waals surface area contributed by atoms with Crippen molar-refractivity contribution in [2.75, 3.05) is 12.0 Å². The zero-order chi connectivity index (χ0) is 23.3. The van der Waals surface area contributed by atoms with Gasteiger partial charge in [0.2, 0.25) is 5.91 Å². The molecular weight excluding hydrogens is 421 g/mol. The number of amides is 2. The standard InChI is InChI=1S/C24H23F3N2O3/c1-3-21(30)29(19-12-7-9-17(15-19)24(25,26)27)22(16-8-6-13-20(14-16)32-2)23(31)28-18-10-4-5-11-18/h1,6-9,12-15,18,22H,4-5,10-11H2,2H3,(H,28,31)/t22-/m0/s1. The van der Waals surface area contributed by atoms with Crippen LogP contribution in [0.4, 0.5) is 18.9 Å². The van der Waals surface area contributed by atoms with Gasteiger partial charge < -0.3 is 10.1 Å². The number of hydrogen-bond donors (Lipinski definition) is 1. The molecular formula is C24H23F3N2O3. The Bertz CT molecular complexity index is 1020. The molecule has 0 aliphatic heterocycles. The molecule has 0 aromatic heterocycles. The van der Waals surface area contributed by atoms with Crippen LogP contribution in [0, 0.1) is 12.3 Å². The predicted molar refractivity (Wildman–Crippen MR) is 114 cm³/mol. The molecule has 0 radical (unpaired) electrons. The molecule has 1 saturated carbocycles. The third kappa shape index (κ3) is 5.22. The van der Waals surface area contributed by atoms with E-state index in [9.17, 15) is 22.8 Å². The van der Waals surface area contributed by atoms with Crippen LogP contribution in [0.1, 0.15) is 42.9 Å². The molecule has 0 unspecified atom stereocenters. The fourth-order valence-electron chi connectivity index (χ4n) is 3.86. The maximum Gasteiger partial charge on any atom is 0.416 e. The Hall–Kier alpha value is -3.47. The van der Waals surface area contributed by atoms with Gasteiger partial charge in [0.15, 0.2) is 0 Å². The Morgan fingerprint density at radius 3 is 2.47 bits per heavy atom. The molecule has 0 bridgehead atoms. The Morgan fingerprint density at radius 2 is 1.84 bits per heavy atom. The molecule has 0 saturated heterocycles. The lowest BCUT2D eigenvalue weighted by Gasteiger charge is -2.31. The van der Waals surface area contributed by atoms with E-state index in [4.69, 9.17) is 11.2 Å². The van der Waals surface area contributed by atoms with Crippen molar-refractivity contribution in [3.63, 3.8) is 0 Å². The summed E-state index contributed by atoms with van der Waals surface area (Å²) in [5.41, 5.74) is -0.719. The molecule has 1 atom stereocenters. The van der Waals surface area contributed by atoms with Crippen molar-refractivity contribution in [2.24, 2.45) is 0 Å². The van der Waals surface area contributed by atoms with Gasteiger partial charge in [-0.25, -0.2) is 0 Å². The molecule has 8 heteroatoms. The zero-order valence-electron chi connectivity index (χ0n) is 17.5. The van der Waals surface area contributed by atoms with Crippen LogP contribution < -0.4 is 15.0 Å². The number of alkyl halides is 3. The van der Waals surface area contributed by atoms with Gasteiger partial charge in [-0.1, -0.05) is 31.0 Å². The highest BCUT2D eigenvalue weighted by Crippen LogP contribution is 2.35. The lowest BCUT2D eigenvalue weighted by atomic mass is 10.0. The average Bonchev–Trinajstić information content (AvgIpc) is 3.29. The highest BCUT2D eigenvalue weighted by molar-refractivity contribution is 6.09. The van der Waals surface area contributed by atoms with Crippen LogP contribution in [0.3, 0.4) is 0 Å². The molecule has 1 fully saturated rings. The van der Waals surface area contributed by atoms with Gasteiger partial charge in [-0.3, -0.25) is 14.5 Å². The largest absolute Gasteiger partial charge is 0.497 e. The topological polar surface area (TPSA) is 58.6 Å². The second-order valence-electron chi connectivity index (χ2n) is 7.54. The van der Waals surface area contributed by atoms with Gasteiger partial charge in [0.1, 0.15) is 11.8 Å². The first-order valence-corrected chi connectivity index (χ1v) is 10.2. The van der Waals surface area contributed by atoms with Gasteiger partial charge in [-0.2, -0.15) is 13.2 Å². The van der Waals surface area contributed by atoms with Crippen LogP contribution in [0.25, 0.3) is 0 Å². The van der Waals surface area contributed by atoms with E-state index in [0.29, 0.717) is 11.3 Å². The lowest BCUT2D eigenvalue weighted by Crippen LogP contribution is -2.46. The zero-order valence-corrected chi connectivity index (χ0v) is 17.5. The molecule has 32 heavy (non-hydrogen) atoms. The molecule has 0 spiro atoms. The van der Waals surface area contributed by atoms with E-state index in [0.717, 1.165) is 42.7 Å². The fraction of sp³-hybridized carbons (Fsp3) is 0.333. The maximum atomic E-state index is 13.4. The molecule has 168 valence electrons. The summed E-state index contributed by atoms with van der Waals surface area (Å²) in [7, 11) is 1.45. The molecule has 2 amide bonds. The van der Waals surface area contributed by atoms with Crippen molar-refractivity contribution >= 4 is 17.5 Å². The third-order valence-electron chi connectivity index (χ3n) is 5.41. The van der Waals surface area contributed by atoms with Crippen molar-refractivity contribution in [2.45, 2.75) is 43.9 Å². The summed E-state index contributed by atoms with van der Waals surface area (Å²) >= 11 is 0. The maximum absolute atomic E-state index is 13.4. The Labute approximate surface area is 184 Å². The number of methoxy groups -OCH3 is 1. The SMILES string of the molecule is C#CC(=O)N(c1cccc(C(F)(F)F)c1)[C@H](C(=O)NC1CCCC1)c1cccc(OC)c1. The van der Waals surface area contributed by atoms with Crippen molar-refractivity contribution in [1.29, 1.82) is 0 Å². The fourth-order valence-corrected chi connectivity index (χ4v) is 3.86. The van der Waals surface area contributed by atoms with E-state index in [1.807, 2.05) is 5.92 Å². The van der Waals surface area contributed by atoms with Crippen LogP contribution in [-0.4, -0.2) is 25.0 Å². The summed E-state index contributed by atoms with van der Waals surface area (Å²) in [6.45, 7) is 0. The Morgan fingerprint density at radius 1 is 1.16 bits per heavy atom. The van der Waals surface area contributed by atoms with E-state index < -0.39 is 29.6 Å². The predicted octanol–water partition coefficient (Wildman–Crippen LogP) is 4.48. The lowest BCUT2D eigenvalue weighted by molar-refractivity contribution is -0.137. The number of nitrogens with one attached hydrogen (secondary N) is 1. The number of halogens is 3. The number of hydrogen-bond acceptors (Lipinski definition) is 3. The van der Waals surface area contributed by atoms with Gasteiger partial charge in [0.25, 0.3) is 0 Å². The molecule has 1 aliphatic carbocycles. The molecule has 2 aromatic carbocycles. The average molecular weight is 444 g/mol. The van der Waals surface area contributed by atoms with Crippen LogP contribution in [-0.2, 0) is 15.8 Å². The second kappa shape index (κ2) is 9.77. The summed E-state index contributed by atoms with van der Waals surface area (Å²) < 4.78 is 45.2. The van der Waals surface area contributed by atoms with E-state index in [2.05, 4.69) is 5.32 Å². The molecule has 5 nitrogen and oxygen atoms in total. The number of carbonyl (C=O) groups is 2. The summed E-state index contributed by atoms with van der Waals surface area (Å²) in [5.74, 6) is 0.919. The first kappa shape index (κ1) is 23.2. The van der Waals surface area contributed by atoms with E-state index >= 15 is 0 Å². The second-order valence-corrected chi connectivity index (χ2v) is 7.54. The number of anilines is 1. The minimum atomic E-state index is -4.63. The number of carbonyl (C=O) groups excluding carboxylic acids is 2. The quantitative estimate of drug-likeness (QED) is 0.669. The van der Waals surface area contributed by atoms with E-state index in [-0.39, 0.29) is 11.7 Å². The van der Waals surface area contributed by atoms with Gasteiger partial charge in [0, 0.05) is 11.7 Å². The highest BCUT2D eigenvalue weighted by Gasteiger charge is 2.36. The Kier molecular flexibility index (Phi) is 7.08. The van der Waals surface area contributed by atoms with Crippen molar-refractivity contribution in [3.05, 3.63) is 59.7 Å². The first-order valence-electron chi connectivity index (χ1n) is 10.2. The van der Waals surface area contributed by atoms with Crippen molar-refractivity contribution < 1.29 is 27.5 Å². The van der Waals surface area contributed by atoms with Gasteiger partial charge in [-0.15, -0.1) is 6.42 Å². The van der Waals surface area contributed by atoms with Crippen LogP contribution in [0.2, 0.25) is 0 Å². The molecule has 3 rings (SSSR count). The summed E-state index contributed by atoms with van der Waals surface area (Å²) in [6, 6.07) is 9.30. The molecule has 0 heterocycles. The van der Waals surface area contributed by atoms with Crippen molar-refractivity contribution in [1.82, 2.24) is 5.32 Å². The van der Waals surface area contributed by atoms with E-state index in [1.54, 1.807) is 24.3 Å². The van der Waals surface area contributed by atoms with Gasteiger partial charge in [-0.05, 0) is 54.7 Å². The number of rotatable bonds is 6.